The Hall–Kier alpha value is -4.00. The third kappa shape index (κ3) is 6.53. The number of carbonyl (C=O) groups is 3. The molecule has 4 rings (SSSR count). The minimum absolute atomic E-state index is 0.0686. The Kier molecular flexibility index (Phi) is 8.19. The first-order valence-electron chi connectivity index (χ1n) is 13.1. The molecule has 0 aromatic heterocycles. The zero-order chi connectivity index (χ0) is 28.3. The average molecular weight is 532 g/mol. The minimum Gasteiger partial charge on any atom is -0.480 e. The van der Waals surface area contributed by atoms with Gasteiger partial charge in [0.15, 0.2) is 17.2 Å². The Morgan fingerprint density at radius 2 is 1.56 bits per heavy atom. The van der Waals surface area contributed by atoms with E-state index in [0.29, 0.717) is 30.0 Å². The molecule has 3 aromatic carbocycles. The second-order valence-corrected chi connectivity index (χ2v) is 10.8. The highest BCUT2D eigenvalue weighted by atomic mass is 19.1. The lowest BCUT2D eigenvalue weighted by atomic mass is 9.84. The van der Waals surface area contributed by atoms with Gasteiger partial charge >= 0.3 is 6.09 Å². The Balaban J connectivity index is 1.58. The van der Waals surface area contributed by atoms with Gasteiger partial charge in [0.05, 0.1) is 0 Å². The van der Waals surface area contributed by atoms with Crippen LogP contribution in [-0.2, 0) is 11.2 Å². The molecule has 2 unspecified atom stereocenters. The third-order valence-corrected chi connectivity index (χ3v) is 7.34. The number of para-hydroxylation sites is 1. The Morgan fingerprint density at radius 1 is 0.949 bits per heavy atom. The quantitative estimate of drug-likeness (QED) is 0.316. The molecule has 1 aliphatic rings. The number of Topliss-reactive ketones (excluding diaryl/α,β-unsaturated/α-hetero) is 2. The Labute approximate surface area is 228 Å². The molecule has 2 atom stereocenters. The zero-order valence-electron chi connectivity index (χ0n) is 23.0. The molecular weight excluding hydrogens is 497 g/mol. The van der Waals surface area contributed by atoms with Crippen molar-refractivity contribution in [1.82, 2.24) is 4.90 Å². The molecule has 1 fully saturated rings. The molecule has 3 aromatic rings. The molecule has 6 nitrogen and oxygen atoms in total. The zero-order valence-corrected chi connectivity index (χ0v) is 23.0. The minimum atomic E-state index is -0.950. The average Bonchev–Trinajstić information content (AvgIpc) is 3.30. The second kappa shape index (κ2) is 11.4. The van der Waals surface area contributed by atoms with Crippen molar-refractivity contribution in [2.45, 2.75) is 46.6 Å². The maximum absolute atomic E-state index is 13.5. The van der Waals surface area contributed by atoms with Crippen molar-refractivity contribution in [2.24, 2.45) is 11.8 Å². The van der Waals surface area contributed by atoms with Gasteiger partial charge in [-0.05, 0) is 100 Å². The summed E-state index contributed by atoms with van der Waals surface area (Å²) in [5.74, 6) is -0.173. The third-order valence-electron chi connectivity index (χ3n) is 7.34. The number of ether oxygens (including phenoxy) is 2. The van der Waals surface area contributed by atoms with Gasteiger partial charge in [0, 0.05) is 24.6 Å². The van der Waals surface area contributed by atoms with E-state index < -0.39 is 23.4 Å². The molecule has 1 aliphatic heterocycles. The van der Waals surface area contributed by atoms with Gasteiger partial charge < -0.3 is 14.4 Å². The van der Waals surface area contributed by atoms with Crippen molar-refractivity contribution in [3.05, 3.63) is 94.8 Å². The van der Waals surface area contributed by atoms with Crippen LogP contribution in [0.3, 0.4) is 0 Å². The molecule has 0 N–H and O–H groups in total. The normalized spacial score (nSPS) is 17.1. The van der Waals surface area contributed by atoms with Crippen molar-refractivity contribution in [3.63, 3.8) is 0 Å². The topological polar surface area (TPSA) is 72.9 Å². The number of carbonyl (C=O) groups excluding carboxylic acids is 3. The highest BCUT2D eigenvalue weighted by molar-refractivity contribution is 5.98. The molecule has 0 radical (unpaired) electrons. The summed E-state index contributed by atoms with van der Waals surface area (Å²) in [7, 11) is 0. The molecular formula is C32H34FNO5. The van der Waals surface area contributed by atoms with E-state index in [9.17, 15) is 18.8 Å². The van der Waals surface area contributed by atoms with E-state index >= 15 is 0 Å². The molecule has 0 bridgehead atoms. The van der Waals surface area contributed by atoms with Crippen LogP contribution in [0.4, 0.5) is 9.18 Å². The number of nitrogens with zero attached hydrogens (tertiary/aromatic N) is 1. The predicted octanol–water partition coefficient (Wildman–Crippen LogP) is 6.36. The van der Waals surface area contributed by atoms with E-state index in [2.05, 4.69) is 0 Å². The summed E-state index contributed by atoms with van der Waals surface area (Å²) in [6, 6.07) is 18.3. The van der Waals surface area contributed by atoms with Crippen LogP contribution < -0.4 is 9.47 Å². The van der Waals surface area contributed by atoms with E-state index in [-0.39, 0.29) is 24.0 Å². The Bertz CT molecular complexity index is 1340. The summed E-state index contributed by atoms with van der Waals surface area (Å²) in [6.45, 7) is 9.41. The summed E-state index contributed by atoms with van der Waals surface area (Å²) in [5.41, 5.74) is 2.23. The van der Waals surface area contributed by atoms with Crippen LogP contribution in [0.25, 0.3) is 0 Å². The van der Waals surface area contributed by atoms with Crippen molar-refractivity contribution in [3.8, 4) is 11.5 Å². The molecule has 1 heterocycles. The lowest BCUT2D eigenvalue weighted by Gasteiger charge is -2.26. The van der Waals surface area contributed by atoms with Gasteiger partial charge in [0.1, 0.15) is 17.3 Å². The van der Waals surface area contributed by atoms with Crippen LogP contribution in [0.2, 0.25) is 0 Å². The molecule has 0 aliphatic carbocycles. The lowest BCUT2D eigenvalue weighted by Crippen LogP contribution is -2.36. The van der Waals surface area contributed by atoms with Gasteiger partial charge in [-0.25, -0.2) is 9.18 Å². The smallest absolute Gasteiger partial charge is 0.415 e. The molecule has 1 amide bonds. The first-order valence-corrected chi connectivity index (χ1v) is 13.1. The number of ketones is 2. The summed E-state index contributed by atoms with van der Waals surface area (Å²) in [5, 5.41) is 0. The first kappa shape index (κ1) is 28.0. The first-order chi connectivity index (χ1) is 18.4. The fourth-order valence-corrected chi connectivity index (χ4v) is 4.95. The number of halogens is 1. The van der Waals surface area contributed by atoms with Crippen LogP contribution >= 0.6 is 0 Å². The van der Waals surface area contributed by atoms with Gasteiger partial charge in [-0.1, -0.05) is 30.3 Å². The lowest BCUT2D eigenvalue weighted by molar-refractivity contribution is -0.129. The highest BCUT2D eigenvalue weighted by Crippen LogP contribution is 2.34. The van der Waals surface area contributed by atoms with E-state index in [0.717, 1.165) is 16.7 Å². The molecule has 1 saturated heterocycles. The van der Waals surface area contributed by atoms with Gasteiger partial charge in [-0.3, -0.25) is 9.59 Å². The molecule has 7 heteroatoms. The number of likely N-dealkylation sites (tertiary alicyclic amines) is 1. The van der Waals surface area contributed by atoms with E-state index in [4.69, 9.17) is 9.47 Å². The number of rotatable bonds is 8. The standard InChI is InChI=1S/C32H34FNO5/c1-20-15-23(16-21(2)30(20)39-32(4,5)22(3)35)17-25-18-34(31(37)38-27-9-7-6-8-10-27)19-28(25)29(36)24-11-13-26(33)14-12-24/h6-16,25,28H,17-19H2,1-5H3. The van der Waals surface area contributed by atoms with Crippen molar-refractivity contribution in [1.29, 1.82) is 0 Å². The maximum Gasteiger partial charge on any atom is 0.415 e. The van der Waals surface area contributed by atoms with E-state index in [1.54, 1.807) is 43.0 Å². The fourth-order valence-electron chi connectivity index (χ4n) is 4.95. The Morgan fingerprint density at radius 3 is 2.15 bits per heavy atom. The van der Waals surface area contributed by atoms with E-state index in [1.165, 1.54) is 31.2 Å². The number of hydrogen-bond donors (Lipinski definition) is 0. The van der Waals surface area contributed by atoms with Gasteiger partial charge in [-0.2, -0.15) is 0 Å². The molecule has 204 valence electrons. The summed E-state index contributed by atoms with van der Waals surface area (Å²) >= 11 is 0. The highest BCUT2D eigenvalue weighted by Gasteiger charge is 2.40. The number of hydrogen-bond acceptors (Lipinski definition) is 5. The van der Waals surface area contributed by atoms with Crippen molar-refractivity contribution >= 4 is 17.7 Å². The van der Waals surface area contributed by atoms with Crippen LogP contribution in [0.15, 0.2) is 66.7 Å². The maximum atomic E-state index is 13.5. The molecule has 39 heavy (non-hydrogen) atoms. The van der Waals surface area contributed by atoms with Crippen molar-refractivity contribution in [2.75, 3.05) is 13.1 Å². The summed E-state index contributed by atoms with van der Waals surface area (Å²) < 4.78 is 25.1. The monoisotopic (exact) mass is 531 g/mol. The molecule has 0 saturated carbocycles. The van der Waals surface area contributed by atoms with Crippen LogP contribution in [0.5, 0.6) is 11.5 Å². The fraction of sp³-hybridized carbons (Fsp3) is 0.344. The number of amides is 1. The number of aryl methyl sites for hydroxylation is 2. The number of benzene rings is 3. The SMILES string of the molecule is CC(=O)C(C)(C)Oc1c(C)cc(CC2CN(C(=O)Oc3ccccc3)CC2C(=O)c2ccc(F)cc2)cc1C. The summed E-state index contributed by atoms with van der Waals surface area (Å²) in [6.07, 6.45) is 0.0355. The largest absolute Gasteiger partial charge is 0.480 e. The van der Waals surface area contributed by atoms with E-state index in [1.807, 2.05) is 32.0 Å². The van der Waals surface area contributed by atoms with Gasteiger partial charge in [-0.15, -0.1) is 0 Å². The van der Waals surface area contributed by atoms with Crippen LogP contribution in [-0.4, -0.2) is 41.3 Å². The van der Waals surface area contributed by atoms with Gasteiger partial charge in [0.25, 0.3) is 0 Å². The molecule has 0 spiro atoms. The van der Waals surface area contributed by atoms with Crippen LogP contribution in [0, 0.1) is 31.5 Å². The van der Waals surface area contributed by atoms with Gasteiger partial charge in [0.2, 0.25) is 0 Å². The second-order valence-electron chi connectivity index (χ2n) is 10.8. The summed E-state index contributed by atoms with van der Waals surface area (Å²) in [4.78, 5) is 40.1. The van der Waals surface area contributed by atoms with Crippen LogP contribution in [0.1, 0.15) is 47.8 Å². The van der Waals surface area contributed by atoms with Crippen molar-refractivity contribution < 1.29 is 28.2 Å². The predicted molar refractivity (Wildman–Crippen MR) is 147 cm³/mol.